The van der Waals surface area contributed by atoms with Crippen LogP contribution in [0.2, 0.25) is 0 Å². The van der Waals surface area contributed by atoms with Gasteiger partial charge in [0.25, 0.3) is 0 Å². The molecule has 0 aliphatic carbocycles. The first-order chi connectivity index (χ1) is 9.04. The minimum atomic E-state index is -0.236. The SMILES string of the molecule is COc1cc(C)c(CCNC(CO)CO)c(C)c1C. The molecule has 0 radical (unpaired) electrons. The van der Waals surface area contributed by atoms with Crippen LogP contribution in [-0.2, 0) is 6.42 Å². The number of ether oxygens (including phenoxy) is 1. The summed E-state index contributed by atoms with van der Waals surface area (Å²) in [5.41, 5.74) is 4.94. The van der Waals surface area contributed by atoms with Gasteiger partial charge in [-0.1, -0.05) is 0 Å². The second-order valence-corrected chi connectivity index (χ2v) is 4.89. The van der Waals surface area contributed by atoms with Crippen molar-refractivity contribution in [2.45, 2.75) is 33.2 Å². The van der Waals surface area contributed by atoms with Crippen molar-refractivity contribution >= 4 is 0 Å². The molecule has 0 saturated heterocycles. The average molecular weight is 267 g/mol. The van der Waals surface area contributed by atoms with Crippen LogP contribution in [0.25, 0.3) is 0 Å². The number of benzene rings is 1. The third-order valence-corrected chi connectivity index (χ3v) is 3.68. The zero-order valence-corrected chi connectivity index (χ0v) is 12.3. The molecule has 0 aromatic heterocycles. The van der Waals surface area contributed by atoms with Gasteiger partial charge in [-0.3, -0.25) is 0 Å². The van der Waals surface area contributed by atoms with Crippen molar-refractivity contribution in [3.8, 4) is 5.75 Å². The molecule has 19 heavy (non-hydrogen) atoms. The number of aliphatic hydroxyl groups is 2. The smallest absolute Gasteiger partial charge is 0.122 e. The maximum atomic E-state index is 9.01. The van der Waals surface area contributed by atoms with Gasteiger partial charge in [0.15, 0.2) is 0 Å². The molecule has 0 aliphatic rings. The third kappa shape index (κ3) is 3.93. The van der Waals surface area contributed by atoms with Gasteiger partial charge in [-0.2, -0.15) is 0 Å². The van der Waals surface area contributed by atoms with Crippen LogP contribution in [0.5, 0.6) is 5.75 Å². The van der Waals surface area contributed by atoms with E-state index >= 15 is 0 Å². The van der Waals surface area contributed by atoms with Crippen molar-refractivity contribution < 1.29 is 14.9 Å². The lowest BCUT2D eigenvalue weighted by Crippen LogP contribution is -2.37. The van der Waals surface area contributed by atoms with Gasteiger partial charge >= 0.3 is 0 Å². The van der Waals surface area contributed by atoms with Crippen LogP contribution >= 0.6 is 0 Å². The number of rotatable bonds is 7. The molecule has 1 aromatic carbocycles. The highest BCUT2D eigenvalue weighted by Gasteiger charge is 2.11. The Bertz CT molecular complexity index is 414. The molecule has 1 rings (SSSR count). The number of methoxy groups -OCH3 is 1. The molecule has 0 bridgehead atoms. The Kier molecular flexibility index (Phi) is 6.28. The summed E-state index contributed by atoms with van der Waals surface area (Å²) in [7, 11) is 1.69. The quantitative estimate of drug-likeness (QED) is 0.692. The molecule has 0 heterocycles. The summed E-state index contributed by atoms with van der Waals surface area (Å²) in [4.78, 5) is 0. The maximum absolute atomic E-state index is 9.01. The van der Waals surface area contributed by atoms with Crippen LogP contribution in [0.4, 0.5) is 0 Å². The normalized spacial score (nSPS) is 11.1. The van der Waals surface area contributed by atoms with Crippen LogP contribution in [0.1, 0.15) is 22.3 Å². The number of aliphatic hydroxyl groups excluding tert-OH is 2. The van der Waals surface area contributed by atoms with Crippen LogP contribution in [0, 0.1) is 20.8 Å². The second kappa shape index (κ2) is 7.48. The molecule has 0 saturated carbocycles. The van der Waals surface area contributed by atoms with Crippen molar-refractivity contribution in [2.75, 3.05) is 26.9 Å². The van der Waals surface area contributed by atoms with Crippen LogP contribution < -0.4 is 10.1 Å². The number of hydrogen-bond donors (Lipinski definition) is 3. The molecular formula is C15H25NO3. The minimum Gasteiger partial charge on any atom is -0.496 e. The van der Waals surface area contributed by atoms with Crippen molar-refractivity contribution in [1.29, 1.82) is 0 Å². The van der Waals surface area contributed by atoms with Gasteiger partial charge in [0.05, 0.1) is 26.4 Å². The summed E-state index contributed by atoms with van der Waals surface area (Å²) < 4.78 is 5.36. The number of aryl methyl sites for hydroxylation is 1. The zero-order chi connectivity index (χ0) is 14.4. The molecular weight excluding hydrogens is 242 g/mol. The van der Waals surface area contributed by atoms with Gasteiger partial charge in [-0.05, 0) is 62.1 Å². The van der Waals surface area contributed by atoms with Gasteiger partial charge in [0.1, 0.15) is 5.75 Å². The highest BCUT2D eigenvalue weighted by molar-refractivity contribution is 5.48. The first-order valence-electron chi connectivity index (χ1n) is 6.63. The van der Waals surface area contributed by atoms with Crippen molar-refractivity contribution in [2.24, 2.45) is 0 Å². The van der Waals surface area contributed by atoms with E-state index in [2.05, 4.69) is 32.2 Å². The van der Waals surface area contributed by atoms with Crippen LogP contribution in [0.15, 0.2) is 6.07 Å². The van der Waals surface area contributed by atoms with E-state index in [0.29, 0.717) is 0 Å². The molecule has 0 unspecified atom stereocenters. The van der Waals surface area contributed by atoms with Crippen LogP contribution in [0.3, 0.4) is 0 Å². The van der Waals surface area contributed by atoms with Crippen molar-refractivity contribution in [1.82, 2.24) is 5.32 Å². The Hall–Kier alpha value is -1.10. The highest BCUT2D eigenvalue weighted by atomic mass is 16.5. The topological polar surface area (TPSA) is 61.7 Å². The summed E-state index contributed by atoms with van der Waals surface area (Å²) in [6.07, 6.45) is 0.874. The lowest BCUT2D eigenvalue weighted by atomic mass is 9.95. The first kappa shape index (κ1) is 16.0. The van der Waals surface area contributed by atoms with E-state index in [-0.39, 0.29) is 19.3 Å². The summed E-state index contributed by atoms with van der Waals surface area (Å²) in [6, 6.07) is 1.83. The van der Waals surface area contributed by atoms with Gasteiger partial charge in [-0.15, -0.1) is 0 Å². The number of hydrogen-bond acceptors (Lipinski definition) is 4. The molecule has 3 N–H and O–H groups in total. The summed E-state index contributed by atoms with van der Waals surface area (Å²) in [5.74, 6) is 0.926. The Morgan fingerprint density at radius 3 is 2.32 bits per heavy atom. The van der Waals surface area contributed by atoms with Gasteiger partial charge < -0.3 is 20.3 Å². The Balaban J connectivity index is 2.76. The molecule has 1 aromatic rings. The van der Waals surface area contributed by atoms with E-state index in [1.54, 1.807) is 7.11 Å². The Labute approximate surface area is 115 Å². The molecule has 108 valence electrons. The van der Waals surface area contributed by atoms with Gasteiger partial charge in [0.2, 0.25) is 0 Å². The molecule has 0 spiro atoms. The monoisotopic (exact) mass is 267 g/mol. The lowest BCUT2D eigenvalue weighted by molar-refractivity contribution is 0.171. The predicted molar refractivity (Wildman–Crippen MR) is 76.9 cm³/mol. The fourth-order valence-corrected chi connectivity index (χ4v) is 2.28. The molecule has 0 atom stereocenters. The fraction of sp³-hybridized carbons (Fsp3) is 0.600. The molecule has 0 fully saturated rings. The largest absolute Gasteiger partial charge is 0.496 e. The predicted octanol–water partition coefficient (Wildman–Crippen LogP) is 1.11. The Morgan fingerprint density at radius 1 is 1.16 bits per heavy atom. The van der Waals surface area contributed by atoms with E-state index in [9.17, 15) is 0 Å². The standard InChI is InChI=1S/C15H25NO3/c1-10-7-15(19-4)12(3)11(2)14(10)5-6-16-13(8-17)9-18/h7,13,16-18H,5-6,8-9H2,1-4H3. The fourth-order valence-electron chi connectivity index (χ4n) is 2.28. The highest BCUT2D eigenvalue weighted by Crippen LogP contribution is 2.27. The van der Waals surface area contributed by atoms with E-state index in [1.807, 2.05) is 0 Å². The van der Waals surface area contributed by atoms with Crippen molar-refractivity contribution in [3.05, 3.63) is 28.3 Å². The van der Waals surface area contributed by atoms with E-state index in [1.165, 1.54) is 22.3 Å². The Morgan fingerprint density at radius 2 is 1.79 bits per heavy atom. The molecule has 4 heteroatoms. The molecule has 0 amide bonds. The third-order valence-electron chi connectivity index (χ3n) is 3.68. The second-order valence-electron chi connectivity index (χ2n) is 4.89. The summed E-state index contributed by atoms with van der Waals surface area (Å²) in [5, 5.41) is 21.2. The molecule has 4 nitrogen and oxygen atoms in total. The average Bonchev–Trinajstić information content (AvgIpc) is 2.42. The lowest BCUT2D eigenvalue weighted by Gasteiger charge is -2.18. The summed E-state index contributed by atoms with van der Waals surface area (Å²) in [6.45, 7) is 6.90. The van der Waals surface area contributed by atoms with Gasteiger partial charge in [-0.25, -0.2) is 0 Å². The van der Waals surface area contributed by atoms with E-state index in [0.717, 1.165) is 18.7 Å². The minimum absolute atomic E-state index is 0.0455. The number of nitrogens with one attached hydrogen (secondary N) is 1. The van der Waals surface area contributed by atoms with E-state index < -0.39 is 0 Å². The summed E-state index contributed by atoms with van der Waals surface area (Å²) >= 11 is 0. The van der Waals surface area contributed by atoms with Crippen molar-refractivity contribution in [3.63, 3.8) is 0 Å². The van der Waals surface area contributed by atoms with Gasteiger partial charge in [0, 0.05) is 0 Å². The van der Waals surface area contributed by atoms with E-state index in [4.69, 9.17) is 14.9 Å². The molecule has 0 aliphatic heterocycles. The first-order valence-corrected chi connectivity index (χ1v) is 6.63. The maximum Gasteiger partial charge on any atom is 0.122 e. The zero-order valence-electron chi connectivity index (χ0n) is 12.3. The van der Waals surface area contributed by atoms with Crippen LogP contribution in [-0.4, -0.2) is 43.1 Å².